The smallest absolute Gasteiger partial charge is 0.0282 e. The number of rotatable bonds is 5. The molecular weight excluding hydrogens is 216 g/mol. The molecule has 0 amide bonds. The van der Waals surface area contributed by atoms with E-state index in [2.05, 4.69) is 45.9 Å². The van der Waals surface area contributed by atoms with Gasteiger partial charge >= 0.3 is 0 Å². The van der Waals surface area contributed by atoms with E-state index in [0.717, 1.165) is 25.1 Å². The van der Waals surface area contributed by atoms with Gasteiger partial charge in [-0.2, -0.15) is 0 Å². The maximum atomic E-state index is 6.18. The second-order valence-corrected chi connectivity index (χ2v) is 5.16. The maximum Gasteiger partial charge on any atom is 0.0282 e. The molecule has 0 saturated heterocycles. The van der Waals surface area contributed by atoms with Crippen LogP contribution in [0.5, 0.6) is 0 Å². The largest absolute Gasteiger partial charge is 0.126 e. The first kappa shape index (κ1) is 13.6. The zero-order chi connectivity index (χ0) is 12.2. The van der Waals surface area contributed by atoms with Crippen LogP contribution in [0, 0.1) is 19.3 Å². The lowest BCUT2D eigenvalue weighted by atomic mass is 9.77. The van der Waals surface area contributed by atoms with Gasteiger partial charge in [-0.25, -0.2) is 0 Å². The first-order valence-electron chi connectivity index (χ1n) is 6.19. The van der Waals surface area contributed by atoms with Crippen LogP contribution in [0.15, 0.2) is 18.2 Å². The molecule has 0 saturated carbocycles. The van der Waals surface area contributed by atoms with Gasteiger partial charge in [-0.3, -0.25) is 0 Å². The predicted molar refractivity (Wildman–Crippen MR) is 73.4 cm³/mol. The van der Waals surface area contributed by atoms with Crippen LogP contribution < -0.4 is 0 Å². The van der Waals surface area contributed by atoms with Gasteiger partial charge in [0.2, 0.25) is 0 Å². The van der Waals surface area contributed by atoms with Crippen LogP contribution in [0.3, 0.4) is 0 Å². The third-order valence-corrected chi connectivity index (χ3v) is 4.55. The fourth-order valence-electron chi connectivity index (χ4n) is 2.24. The SMILES string of the molecule is CCC(CC)(CCl)Cc1c(C)cccc1C. The molecule has 1 aromatic carbocycles. The molecule has 0 fully saturated rings. The molecule has 0 atom stereocenters. The van der Waals surface area contributed by atoms with Crippen LogP contribution in [0.1, 0.15) is 43.4 Å². The second kappa shape index (κ2) is 5.72. The van der Waals surface area contributed by atoms with E-state index in [0.29, 0.717) is 0 Å². The lowest BCUT2D eigenvalue weighted by molar-refractivity contribution is 0.301. The molecule has 0 aliphatic rings. The number of halogens is 1. The highest BCUT2D eigenvalue weighted by atomic mass is 35.5. The Morgan fingerprint density at radius 2 is 1.56 bits per heavy atom. The van der Waals surface area contributed by atoms with Gasteiger partial charge in [0, 0.05) is 5.88 Å². The van der Waals surface area contributed by atoms with Crippen molar-refractivity contribution in [3.8, 4) is 0 Å². The molecule has 0 bridgehead atoms. The van der Waals surface area contributed by atoms with Crippen molar-refractivity contribution in [2.45, 2.75) is 47.0 Å². The van der Waals surface area contributed by atoms with Gasteiger partial charge in [0.15, 0.2) is 0 Å². The molecule has 1 aromatic rings. The van der Waals surface area contributed by atoms with E-state index in [-0.39, 0.29) is 5.41 Å². The summed E-state index contributed by atoms with van der Waals surface area (Å²) in [6.45, 7) is 8.90. The number of aryl methyl sites for hydroxylation is 2. The molecule has 1 rings (SSSR count). The Morgan fingerprint density at radius 1 is 1.06 bits per heavy atom. The van der Waals surface area contributed by atoms with Gasteiger partial charge < -0.3 is 0 Å². The van der Waals surface area contributed by atoms with Crippen molar-refractivity contribution < 1.29 is 0 Å². The maximum absolute atomic E-state index is 6.18. The fraction of sp³-hybridized carbons (Fsp3) is 0.600. The third-order valence-electron chi connectivity index (χ3n) is 3.98. The summed E-state index contributed by atoms with van der Waals surface area (Å²) in [4.78, 5) is 0. The second-order valence-electron chi connectivity index (χ2n) is 4.89. The Bertz CT molecular complexity index is 309. The van der Waals surface area contributed by atoms with Crippen molar-refractivity contribution in [2.24, 2.45) is 5.41 Å². The van der Waals surface area contributed by atoms with Crippen LogP contribution >= 0.6 is 11.6 Å². The summed E-state index contributed by atoms with van der Waals surface area (Å²) in [5, 5.41) is 0. The molecule has 16 heavy (non-hydrogen) atoms. The number of benzene rings is 1. The van der Waals surface area contributed by atoms with Gasteiger partial charge in [0.25, 0.3) is 0 Å². The fourth-order valence-corrected chi connectivity index (χ4v) is 2.71. The summed E-state index contributed by atoms with van der Waals surface area (Å²) in [6, 6.07) is 6.54. The Hall–Kier alpha value is -0.490. The zero-order valence-corrected chi connectivity index (χ0v) is 11.7. The van der Waals surface area contributed by atoms with Gasteiger partial charge in [0.1, 0.15) is 0 Å². The molecule has 0 aliphatic heterocycles. The Morgan fingerprint density at radius 3 is 1.94 bits per heavy atom. The molecule has 0 spiro atoms. The number of hydrogen-bond donors (Lipinski definition) is 0. The highest BCUT2D eigenvalue weighted by Gasteiger charge is 2.26. The minimum atomic E-state index is 0.276. The van der Waals surface area contributed by atoms with Gasteiger partial charge in [-0.15, -0.1) is 11.6 Å². The predicted octanol–water partition coefficient (Wildman–Crippen LogP) is 4.89. The van der Waals surface area contributed by atoms with Crippen molar-refractivity contribution in [1.29, 1.82) is 0 Å². The van der Waals surface area contributed by atoms with Crippen molar-refractivity contribution in [3.63, 3.8) is 0 Å². The van der Waals surface area contributed by atoms with Gasteiger partial charge in [0.05, 0.1) is 0 Å². The first-order chi connectivity index (χ1) is 7.58. The van der Waals surface area contributed by atoms with Crippen LogP contribution in [0.25, 0.3) is 0 Å². The molecule has 0 aromatic heterocycles. The standard InChI is InChI=1S/C15H23Cl/c1-5-15(6-2,11-16)10-14-12(3)8-7-9-13(14)4/h7-9H,5-6,10-11H2,1-4H3. The normalized spacial score (nSPS) is 11.8. The molecule has 0 N–H and O–H groups in total. The van der Waals surface area contributed by atoms with E-state index in [1.807, 2.05) is 0 Å². The van der Waals surface area contributed by atoms with E-state index < -0.39 is 0 Å². The van der Waals surface area contributed by atoms with Crippen molar-refractivity contribution in [2.75, 3.05) is 5.88 Å². The lowest BCUT2D eigenvalue weighted by Crippen LogP contribution is -2.25. The molecule has 90 valence electrons. The van der Waals surface area contributed by atoms with E-state index in [4.69, 9.17) is 11.6 Å². The minimum absolute atomic E-state index is 0.276. The van der Waals surface area contributed by atoms with E-state index in [1.54, 1.807) is 0 Å². The van der Waals surface area contributed by atoms with Crippen molar-refractivity contribution >= 4 is 11.6 Å². The average molecular weight is 239 g/mol. The van der Waals surface area contributed by atoms with E-state index in [1.165, 1.54) is 16.7 Å². The highest BCUT2D eigenvalue weighted by Crippen LogP contribution is 2.34. The molecule has 0 aliphatic carbocycles. The lowest BCUT2D eigenvalue weighted by Gasteiger charge is -2.30. The van der Waals surface area contributed by atoms with Gasteiger partial charge in [-0.1, -0.05) is 32.0 Å². The quantitative estimate of drug-likeness (QED) is 0.641. The Labute approximate surface area is 105 Å². The topological polar surface area (TPSA) is 0 Å². The molecule has 0 nitrogen and oxygen atoms in total. The molecule has 1 heteroatoms. The number of hydrogen-bond acceptors (Lipinski definition) is 0. The van der Waals surface area contributed by atoms with Gasteiger partial charge in [-0.05, 0) is 55.2 Å². The monoisotopic (exact) mass is 238 g/mol. The third kappa shape index (κ3) is 2.79. The van der Waals surface area contributed by atoms with Crippen molar-refractivity contribution in [3.05, 3.63) is 34.9 Å². The number of alkyl halides is 1. The summed E-state index contributed by atoms with van der Waals surface area (Å²) in [6.07, 6.45) is 3.42. The Balaban J connectivity index is 3.02. The zero-order valence-electron chi connectivity index (χ0n) is 10.9. The molecular formula is C15H23Cl. The van der Waals surface area contributed by atoms with Crippen LogP contribution in [0.2, 0.25) is 0 Å². The summed E-state index contributed by atoms with van der Waals surface area (Å²) in [5.41, 5.74) is 4.57. The molecule has 0 radical (unpaired) electrons. The summed E-state index contributed by atoms with van der Waals surface area (Å²) in [5.74, 6) is 0.758. The first-order valence-corrected chi connectivity index (χ1v) is 6.73. The van der Waals surface area contributed by atoms with Crippen LogP contribution in [-0.2, 0) is 6.42 Å². The minimum Gasteiger partial charge on any atom is -0.126 e. The average Bonchev–Trinajstić information content (AvgIpc) is 2.30. The van der Waals surface area contributed by atoms with E-state index >= 15 is 0 Å². The van der Waals surface area contributed by atoms with Crippen molar-refractivity contribution in [1.82, 2.24) is 0 Å². The highest BCUT2D eigenvalue weighted by molar-refractivity contribution is 6.18. The summed E-state index contributed by atoms with van der Waals surface area (Å²) in [7, 11) is 0. The van der Waals surface area contributed by atoms with Crippen LogP contribution in [-0.4, -0.2) is 5.88 Å². The Kier molecular flexibility index (Phi) is 4.86. The summed E-state index contributed by atoms with van der Waals surface area (Å²) >= 11 is 6.18. The molecule has 0 heterocycles. The van der Waals surface area contributed by atoms with Crippen LogP contribution in [0.4, 0.5) is 0 Å². The summed E-state index contributed by atoms with van der Waals surface area (Å²) < 4.78 is 0. The van der Waals surface area contributed by atoms with E-state index in [9.17, 15) is 0 Å². The molecule has 0 unspecified atom stereocenters.